The smallest absolute Gasteiger partial charge is 0.272 e. The Morgan fingerprint density at radius 3 is 2.50 bits per heavy atom. The number of rotatable bonds is 6. The lowest BCUT2D eigenvalue weighted by molar-refractivity contribution is -0.384. The number of non-ortho nitro benzene ring substituents is 1. The Kier molecular flexibility index (Phi) is 7.34. The molecule has 0 aromatic heterocycles. The number of nitro groups is 1. The second-order valence-corrected chi connectivity index (χ2v) is 7.68. The minimum atomic E-state index is -0.756. The number of nitrogens with zero attached hydrogens (tertiary/aromatic N) is 1. The van der Waals surface area contributed by atoms with Gasteiger partial charge in [0.15, 0.2) is 0 Å². The fourth-order valence-electron chi connectivity index (χ4n) is 2.67. The summed E-state index contributed by atoms with van der Waals surface area (Å²) in [4.78, 5) is 36.2. The first-order valence-electron chi connectivity index (χ1n) is 9.03. The summed E-state index contributed by atoms with van der Waals surface area (Å²) in [6.45, 7) is 0. The van der Waals surface area contributed by atoms with Gasteiger partial charge < -0.3 is 10.6 Å². The van der Waals surface area contributed by atoms with Crippen molar-refractivity contribution in [3.05, 3.63) is 109 Å². The normalized spacial score (nSPS) is 11.0. The molecule has 0 spiro atoms. The molecule has 32 heavy (non-hydrogen) atoms. The summed E-state index contributed by atoms with van der Waals surface area (Å²) in [7, 11) is 0. The lowest BCUT2D eigenvalue weighted by Gasteiger charge is -2.13. The van der Waals surface area contributed by atoms with Gasteiger partial charge in [-0.1, -0.05) is 35.9 Å². The molecule has 3 aromatic rings. The third-order valence-electron chi connectivity index (χ3n) is 4.18. The van der Waals surface area contributed by atoms with Gasteiger partial charge in [-0.15, -0.1) is 0 Å². The molecule has 0 aliphatic carbocycles. The van der Waals surface area contributed by atoms with Crippen LogP contribution in [0.3, 0.4) is 0 Å². The van der Waals surface area contributed by atoms with Crippen LogP contribution < -0.4 is 10.6 Å². The number of benzene rings is 3. The number of hydrogen-bond donors (Lipinski definition) is 2. The van der Waals surface area contributed by atoms with Crippen LogP contribution in [0.4, 0.5) is 15.8 Å². The molecular formula is C22H14BrClFN3O4. The van der Waals surface area contributed by atoms with Gasteiger partial charge in [0.25, 0.3) is 17.5 Å². The van der Waals surface area contributed by atoms with E-state index in [-0.39, 0.29) is 22.0 Å². The predicted octanol–water partition coefficient (Wildman–Crippen LogP) is 5.56. The lowest BCUT2D eigenvalue weighted by atomic mass is 10.1. The average molecular weight is 519 g/mol. The highest BCUT2D eigenvalue weighted by Crippen LogP contribution is 2.23. The fraction of sp³-hybridized carbons (Fsp3) is 0. The van der Waals surface area contributed by atoms with Crippen molar-refractivity contribution >= 4 is 56.8 Å². The quantitative estimate of drug-likeness (QED) is 0.253. The van der Waals surface area contributed by atoms with E-state index in [1.54, 1.807) is 24.3 Å². The van der Waals surface area contributed by atoms with Crippen LogP contribution in [0.25, 0.3) is 6.08 Å². The van der Waals surface area contributed by atoms with Crippen molar-refractivity contribution in [2.45, 2.75) is 0 Å². The average Bonchev–Trinajstić information content (AvgIpc) is 2.75. The SMILES string of the molecule is O=C(Nc1ccccc1Br)C(=Cc1cccc([N+](=O)[O-])c1)NC(=O)c1ccc(F)cc1Cl. The van der Waals surface area contributed by atoms with E-state index < -0.39 is 22.6 Å². The first kappa shape index (κ1) is 23.1. The Morgan fingerprint density at radius 1 is 1.06 bits per heavy atom. The number of nitro benzene ring substituents is 1. The van der Waals surface area contributed by atoms with Crippen LogP contribution in [0.1, 0.15) is 15.9 Å². The van der Waals surface area contributed by atoms with Crippen molar-refractivity contribution in [1.82, 2.24) is 5.32 Å². The molecular weight excluding hydrogens is 505 g/mol. The fourth-order valence-corrected chi connectivity index (χ4v) is 3.31. The largest absolute Gasteiger partial charge is 0.320 e. The molecule has 0 radical (unpaired) electrons. The van der Waals surface area contributed by atoms with E-state index in [9.17, 15) is 24.1 Å². The summed E-state index contributed by atoms with van der Waals surface area (Å²) in [5.41, 5.74) is 0.314. The Bertz CT molecular complexity index is 1250. The Balaban J connectivity index is 1.97. The van der Waals surface area contributed by atoms with Gasteiger partial charge in [-0.25, -0.2) is 4.39 Å². The van der Waals surface area contributed by atoms with Gasteiger partial charge in [-0.3, -0.25) is 19.7 Å². The number of para-hydroxylation sites is 1. The zero-order chi connectivity index (χ0) is 23.3. The van der Waals surface area contributed by atoms with E-state index in [4.69, 9.17) is 11.6 Å². The number of nitrogens with one attached hydrogen (secondary N) is 2. The number of carbonyl (C=O) groups is 2. The van der Waals surface area contributed by atoms with Gasteiger partial charge in [0, 0.05) is 16.6 Å². The molecule has 0 saturated heterocycles. The summed E-state index contributed by atoms with van der Waals surface area (Å²) in [6, 6.07) is 15.6. The van der Waals surface area contributed by atoms with Crippen LogP contribution in [0.2, 0.25) is 5.02 Å². The molecule has 0 aliphatic rings. The number of anilines is 1. The highest BCUT2D eigenvalue weighted by atomic mass is 79.9. The molecule has 3 aromatic carbocycles. The van der Waals surface area contributed by atoms with Crippen molar-refractivity contribution < 1.29 is 18.9 Å². The van der Waals surface area contributed by atoms with Crippen LogP contribution >= 0.6 is 27.5 Å². The van der Waals surface area contributed by atoms with Crippen molar-refractivity contribution in [3.63, 3.8) is 0 Å². The van der Waals surface area contributed by atoms with Gasteiger partial charge in [0.2, 0.25) is 0 Å². The molecule has 2 N–H and O–H groups in total. The van der Waals surface area contributed by atoms with E-state index in [1.165, 1.54) is 36.4 Å². The molecule has 2 amide bonds. The van der Waals surface area contributed by atoms with E-state index in [0.29, 0.717) is 15.7 Å². The molecule has 0 heterocycles. The highest BCUT2D eigenvalue weighted by Gasteiger charge is 2.18. The number of carbonyl (C=O) groups excluding carboxylic acids is 2. The maximum absolute atomic E-state index is 13.3. The Hall–Kier alpha value is -3.56. The van der Waals surface area contributed by atoms with Crippen molar-refractivity contribution in [1.29, 1.82) is 0 Å². The summed E-state index contributed by atoms with van der Waals surface area (Å²) >= 11 is 9.27. The van der Waals surface area contributed by atoms with Gasteiger partial charge in [0.1, 0.15) is 11.5 Å². The predicted molar refractivity (Wildman–Crippen MR) is 123 cm³/mol. The van der Waals surface area contributed by atoms with Crippen molar-refractivity contribution in [3.8, 4) is 0 Å². The molecule has 0 aliphatic heterocycles. The molecule has 0 saturated carbocycles. The molecule has 162 valence electrons. The standard InChI is InChI=1S/C22H14BrClFN3O4/c23-17-6-1-2-7-19(17)26-22(30)20(11-13-4-3-5-15(10-13)28(31)32)27-21(29)16-9-8-14(25)12-18(16)24/h1-12H,(H,26,30)(H,27,29). The lowest BCUT2D eigenvalue weighted by Crippen LogP contribution is -2.31. The molecule has 10 heteroatoms. The Labute approximate surface area is 195 Å². The zero-order valence-electron chi connectivity index (χ0n) is 16.1. The molecule has 7 nitrogen and oxygen atoms in total. The van der Waals surface area contributed by atoms with Crippen molar-refractivity contribution in [2.24, 2.45) is 0 Å². The van der Waals surface area contributed by atoms with Crippen molar-refractivity contribution in [2.75, 3.05) is 5.32 Å². The molecule has 0 bridgehead atoms. The van der Waals surface area contributed by atoms with E-state index >= 15 is 0 Å². The highest BCUT2D eigenvalue weighted by molar-refractivity contribution is 9.10. The minimum absolute atomic E-state index is 0.0494. The number of halogens is 3. The maximum atomic E-state index is 13.3. The third-order valence-corrected chi connectivity index (χ3v) is 5.19. The molecule has 3 rings (SSSR count). The number of amides is 2. The van der Waals surface area contributed by atoms with E-state index in [1.807, 2.05) is 0 Å². The first-order valence-corrected chi connectivity index (χ1v) is 10.2. The monoisotopic (exact) mass is 517 g/mol. The molecule has 0 atom stereocenters. The summed E-state index contributed by atoms with van der Waals surface area (Å²) in [5.74, 6) is -2.06. The third kappa shape index (κ3) is 5.77. The first-order chi connectivity index (χ1) is 15.2. The molecule has 0 fully saturated rings. The van der Waals surface area contributed by atoms with Crippen LogP contribution in [0.15, 0.2) is 76.9 Å². The van der Waals surface area contributed by atoms with Gasteiger partial charge >= 0.3 is 0 Å². The van der Waals surface area contributed by atoms with Gasteiger partial charge in [-0.2, -0.15) is 0 Å². The number of hydrogen-bond acceptors (Lipinski definition) is 4. The van der Waals surface area contributed by atoms with Crippen LogP contribution in [0, 0.1) is 15.9 Å². The van der Waals surface area contributed by atoms with Gasteiger partial charge in [0.05, 0.1) is 21.2 Å². The minimum Gasteiger partial charge on any atom is -0.320 e. The second-order valence-electron chi connectivity index (χ2n) is 6.42. The van der Waals surface area contributed by atoms with E-state index in [2.05, 4.69) is 26.6 Å². The molecule has 0 unspecified atom stereocenters. The summed E-state index contributed by atoms with van der Waals surface area (Å²) < 4.78 is 13.9. The zero-order valence-corrected chi connectivity index (χ0v) is 18.5. The second kappa shape index (κ2) is 10.2. The van der Waals surface area contributed by atoms with Crippen LogP contribution in [-0.2, 0) is 4.79 Å². The van der Waals surface area contributed by atoms with Gasteiger partial charge in [-0.05, 0) is 57.9 Å². The topological polar surface area (TPSA) is 101 Å². The van der Waals surface area contributed by atoms with Crippen LogP contribution in [0.5, 0.6) is 0 Å². The van der Waals surface area contributed by atoms with Crippen LogP contribution in [-0.4, -0.2) is 16.7 Å². The summed E-state index contributed by atoms with van der Waals surface area (Å²) in [6.07, 6.45) is 1.29. The Morgan fingerprint density at radius 2 is 1.81 bits per heavy atom. The maximum Gasteiger partial charge on any atom is 0.272 e. The van der Waals surface area contributed by atoms with E-state index in [0.717, 1.165) is 12.1 Å². The summed E-state index contributed by atoms with van der Waals surface area (Å²) in [5, 5.41) is 16.0.